The Hall–Kier alpha value is -4.32. The topological polar surface area (TPSA) is 130 Å². The van der Waals surface area contributed by atoms with Crippen LogP contribution in [0, 0.1) is 22.9 Å². The number of carbonyl (C=O) groups is 2. The van der Waals surface area contributed by atoms with Gasteiger partial charge in [0.25, 0.3) is 5.69 Å². The molecule has 1 fully saturated rings. The van der Waals surface area contributed by atoms with Gasteiger partial charge in [0.15, 0.2) is 0 Å². The van der Waals surface area contributed by atoms with Crippen LogP contribution < -0.4 is 9.62 Å². The summed E-state index contributed by atoms with van der Waals surface area (Å²) in [6.45, 7) is 0.787. The second-order valence-corrected chi connectivity index (χ2v) is 12.7. The number of non-ortho nitro benzene ring substituents is 1. The molecule has 3 aromatic carbocycles. The molecule has 1 N–H and O–H groups in total. The van der Waals surface area contributed by atoms with Crippen molar-refractivity contribution in [1.29, 1.82) is 0 Å². The highest BCUT2D eigenvalue weighted by Crippen LogP contribution is 2.28. The number of nitrogens with one attached hydrogen (secondary N) is 1. The third-order valence-electron chi connectivity index (χ3n) is 7.59. The Balaban J connectivity index is 1.76. The van der Waals surface area contributed by atoms with Gasteiger partial charge in [0.05, 0.1) is 16.9 Å². The Morgan fingerprint density at radius 1 is 1.02 bits per heavy atom. The van der Waals surface area contributed by atoms with E-state index in [4.69, 9.17) is 0 Å². The number of nitro groups is 1. The van der Waals surface area contributed by atoms with Crippen molar-refractivity contribution < 1.29 is 27.3 Å². The summed E-state index contributed by atoms with van der Waals surface area (Å²) < 4.78 is 40.6. The number of halogens is 1. The largest absolute Gasteiger partial charge is 0.352 e. The molecule has 0 bridgehead atoms. The van der Waals surface area contributed by atoms with Crippen molar-refractivity contribution in [3.8, 4) is 0 Å². The Labute approximate surface area is 250 Å². The van der Waals surface area contributed by atoms with Crippen molar-refractivity contribution in [3.05, 3.63) is 105 Å². The fraction of sp³-hybridized carbons (Fsp3) is 0.355. The summed E-state index contributed by atoms with van der Waals surface area (Å²) in [6, 6.07) is 17.4. The summed E-state index contributed by atoms with van der Waals surface area (Å²) in [5.41, 5.74) is 1.40. The second-order valence-electron chi connectivity index (χ2n) is 10.8. The van der Waals surface area contributed by atoms with E-state index < -0.39 is 39.3 Å². The van der Waals surface area contributed by atoms with Gasteiger partial charge >= 0.3 is 0 Å². The molecule has 4 rings (SSSR count). The van der Waals surface area contributed by atoms with Gasteiger partial charge in [0, 0.05) is 31.1 Å². The molecule has 1 atom stereocenters. The third-order valence-corrected chi connectivity index (χ3v) is 8.72. The van der Waals surface area contributed by atoms with Crippen molar-refractivity contribution in [3.63, 3.8) is 0 Å². The molecule has 43 heavy (non-hydrogen) atoms. The number of carbonyl (C=O) groups excluding carboxylic acids is 2. The maximum Gasteiger partial charge on any atom is 0.271 e. The van der Waals surface area contributed by atoms with Crippen LogP contribution >= 0.6 is 0 Å². The lowest BCUT2D eigenvalue weighted by atomic mass is 10.0. The van der Waals surface area contributed by atoms with Crippen molar-refractivity contribution >= 4 is 33.2 Å². The number of sulfonamides is 1. The first kappa shape index (κ1) is 31.6. The average molecular weight is 611 g/mol. The van der Waals surface area contributed by atoms with Crippen molar-refractivity contribution in [2.45, 2.75) is 57.7 Å². The highest BCUT2D eigenvalue weighted by Gasteiger charge is 2.34. The minimum Gasteiger partial charge on any atom is -0.352 e. The molecule has 0 heterocycles. The van der Waals surface area contributed by atoms with E-state index in [0.717, 1.165) is 47.9 Å². The molecule has 1 aliphatic carbocycles. The summed E-state index contributed by atoms with van der Waals surface area (Å²) in [4.78, 5) is 40.2. The molecule has 1 saturated carbocycles. The summed E-state index contributed by atoms with van der Waals surface area (Å²) in [5.74, 6) is -1.53. The van der Waals surface area contributed by atoms with Gasteiger partial charge in [-0.25, -0.2) is 12.8 Å². The first-order valence-electron chi connectivity index (χ1n) is 14.0. The SMILES string of the molecule is Cc1ccc([N+](=O)[O-])cc1N(CC(=O)N(Cc1ccc(F)cc1)[C@H](Cc1ccccc1)C(=O)NC1CCCC1)S(C)(=O)=O. The highest BCUT2D eigenvalue weighted by molar-refractivity contribution is 7.92. The zero-order valence-corrected chi connectivity index (χ0v) is 24.9. The Bertz CT molecular complexity index is 1560. The van der Waals surface area contributed by atoms with Crippen LogP contribution in [0.5, 0.6) is 0 Å². The van der Waals surface area contributed by atoms with Gasteiger partial charge in [-0.3, -0.25) is 24.0 Å². The van der Waals surface area contributed by atoms with Crippen LogP contribution in [-0.2, 0) is 32.6 Å². The molecule has 0 radical (unpaired) electrons. The number of amides is 2. The van der Waals surface area contributed by atoms with E-state index in [1.807, 2.05) is 30.3 Å². The standard InChI is InChI=1S/C31H35FN4O6S/c1-22-12-17-27(36(39)40)19-28(22)35(43(2,41)42)21-30(37)34(20-24-13-15-25(32)16-14-24)29(18-23-8-4-3-5-9-23)31(38)33-26-10-6-7-11-26/h3-5,8-9,12-17,19,26,29H,6-7,10-11,18,20-21H2,1-2H3,(H,33,38)/t29-/m1/s1. The predicted molar refractivity (Wildman–Crippen MR) is 161 cm³/mol. The zero-order chi connectivity index (χ0) is 31.1. The molecule has 3 aromatic rings. The maximum atomic E-state index is 14.2. The van der Waals surface area contributed by atoms with Crippen LogP contribution in [0.2, 0.25) is 0 Å². The number of rotatable bonds is 12. The fourth-order valence-corrected chi connectivity index (χ4v) is 6.18. The van der Waals surface area contributed by atoms with E-state index in [9.17, 15) is 32.5 Å². The lowest BCUT2D eigenvalue weighted by Crippen LogP contribution is -2.54. The Kier molecular flexibility index (Phi) is 10.1. The second kappa shape index (κ2) is 13.8. The van der Waals surface area contributed by atoms with Crippen molar-refractivity contribution in [2.24, 2.45) is 0 Å². The van der Waals surface area contributed by atoms with Gasteiger partial charge in [-0.05, 0) is 48.6 Å². The van der Waals surface area contributed by atoms with Gasteiger partial charge in [-0.1, -0.05) is 61.4 Å². The molecule has 0 saturated heterocycles. The number of hydrogen-bond acceptors (Lipinski definition) is 6. The molecule has 10 nitrogen and oxygen atoms in total. The lowest BCUT2D eigenvalue weighted by molar-refractivity contribution is -0.384. The number of aryl methyl sites for hydroxylation is 1. The van der Waals surface area contributed by atoms with Crippen LogP contribution in [0.1, 0.15) is 42.4 Å². The van der Waals surface area contributed by atoms with Crippen molar-refractivity contribution in [1.82, 2.24) is 10.2 Å². The fourth-order valence-electron chi connectivity index (χ4n) is 5.28. The normalized spacial score (nSPS) is 14.2. The molecule has 2 amide bonds. The molecule has 1 aliphatic rings. The summed E-state index contributed by atoms with van der Waals surface area (Å²) >= 11 is 0. The van der Waals surface area contributed by atoms with Crippen LogP contribution in [-0.4, -0.2) is 54.9 Å². The van der Waals surface area contributed by atoms with Gasteiger partial charge in [-0.15, -0.1) is 0 Å². The van der Waals surface area contributed by atoms with E-state index in [0.29, 0.717) is 11.1 Å². The first-order chi connectivity index (χ1) is 20.4. The van der Waals surface area contributed by atoms with Crippen LogP contribution in [0.4, 0.5) is 15.8 Å². The van der Waals surface area contributed by atoms with Crippen LogP contribution in [0.25, 0.3) is 0 Å². The molecule has 12 heteroatoms. The molecule has 0 unspecified atom stereocenters. The predicted octanol–water partition coefficient (Wildman–Crippen LogP) is 4.51. The minimum absolute atomic E-state index is 0.0122. The average Bonchev–Trinajstić information content (AvgIpc) is 3.48. The first-order valence-corrected chi connectivity index (χ1v) is 15.9. The molecule has 0 aromatic heterocycles. The summed E-state index contributed by atoms with van der Waals surface area (Å²) in [5, 5.41) is 14.5. The lowest BCUT2D eigenvalue weighted by Gasteiger charge is -2.34. The van der Waals surface area contributed by atoms with Gasteiger partial charge in [-0.2, -0.15) is 0 Å². The molecular weight excluding hydrogens is 575 g/mol. The number of benzene rings is 3. The van der Waals surface area contributed by atoms with Gasteiger partial charge < -0.3 is 10.2 Å². The summed E-state index contributed by atoms with van der Waals surface area (Å²) in [7, 11) is -4.10. The quantitative estimate of drug-likeness (QED) is 0.237. The smallest absolute Gasteiger partial charge is 0.271 e. The highest BCUT2D eigenvalue weighted by atomic mass is 32.2. The molecular formula is C31H35FN4O6S. The van der Waals surface area contributed by atoms with E-state index in [2.05, 4.69) is 5.32 Å². The zero-order valence-electron chi connectivity index (χ0n) is 24.1. The van der Waals surface area contributed by atoms with Crippen LogP contribution in [0.15, 0.2) is 72.8 Å². The van der Waals surface area contributed by atoms with Gasteiger partial charge in [0.1, 0.15) is 18.4 Å². The monoisotopic (exact) mass is 610 g/mol. The maximum absolute atomic E-state index is 14.2. The number of nitrogens with zero attached hydrogens (tertiary/aromatic N) is 3. The number of nitro benzene ring substituents is 1. The van der Waals surface area contributed by atoms with E-state index in [-0.39, 0.29) is 36.3 Å². The van der Waals surface area contributed by atoms with Crippen LogP contribution in [0.3, 0.4) is 0 Å². The number of hydrogen-bond donors (Lipinski definition) is 1. The minimum atomic E-state index is -4.10. The van der Waals surface area contributed by atoms with Crippen molar-refractivity contribution in [2.75, 3.05) is 17.1 Å². The number of anilines is 1. The third kappa shape index (κ3) is 8.38. The van der Waals surface area contributed by atoms with E-state index in [1.54, 1.807) is 6.92 Å². The Morgan fingerprint density at radius 3 is 2.28 bits per heavy atom. The van der Waals surface area contributed by atoms with Gasteiger partial charge in [0.2, 0.25) is 21.8 Å². The summed E-state index contributed by atoms with van der Waals surface area (Å²) in [6.07, 6.45) is 4.68. The molecule has 0 aliphatic heterocycles. The molecule has 0 spiro atoms. The molecule has 228 valence electrons. The van der Waals surface area contributed by atoms with E-state index in [1.165, 1.54) is 41.3 Å². The Morgan fingerprint density at radius 2 is 1.67 bits per heavy atom. The van der Waals surface area contributed by atoms with E-state index >= 15 is 0 Å².